The molecule has 1 fully saturated rings. The molecule has 0 aliphatic carbocycles. The van der Waals surface area contributed by atoms with Crippen LogP contribution in [0.5, 0.6) is 0 Å². The summed E-state index contributed by atoms with van der Waals surface area (Å²) in [4.78, 5) is 19.1. The lowest BCUT2D eigenvalue weighted by molar-refractivity contribution is 0.157. The van der Waals surface area contributed by atoms with Crippen LogP contribution in [0.25, 0.3) is 0 Å². The monoisotopic (exact) mass is 386 g/mol. The van der Waals surface area contributed by atoms with Gasteiger partial charge in [0.1, 0.15) is 11.6 Å². The van der Waals surface area contributed by atoms with Gasteiger partial charge in [0.05, 0.1) is 0 Å². The van der Waals surface area contributed by atoms with Crippen LogP contribution in [0.15, 0.2) is 30.5 Å². The zero-order valence-electron chi connectivity index (χ0n) is 17.3. The normalized spacial score (nSPS) is 17.6. The van der Waals surface area contributed by atoms with Gasteiger partial charge in [-0.3, -0.25) is 0 Å². The van der Waals surface area contributed by atoms with Crippen molar-refractivity contribution >= 4 is 6.03 Å². The summed E-state index contributed by atoms with van der Waals surface area (Å²) in [6, 6.07) is 6.64. The summed E-state index contributed by atoms with van der Waals surface area (Å²) in [6.45, 7) is 10.3. The van der Waals surface area contributed by atoms with Gasteiger partial charge >= 0.3 is 6.03 Å². The molecular formula is C22H31FN4O. The molecule has 0 saturated carbocycles. The second-order valence-electron chi connectivity index (χ2n) is 8.87. The molecule has 0 radical (unpaired) electrons. The molecule has 2 heterocycles. The van der Waals surface area contributed by atoms with E-state index in [0.29, 0.717) is 12.5 Å². The standard InChI is InChI=1S/C22H31FN4O/c1-16-13-24-20(27(16)15-17-7-9-19(23)10-8-17)12-18-6-5-11-26(14-18)21(28)25-22(2,3)4/h7-10,13,18H,5-6,11-12,14-15H2,1-4H3,(H,25,28). The first kappa shape index (κ1) is 20.4. The highest BCUT2D eigenvalue weighted by Gasteiger charge is 2.27. The number of carbonyl (C=O) groups is 1. The molecule has 2 amide bonds. The Morgan fingerprint density at radius 3 is 2.68 bits per heavy atom. The van der Waals surface area contributed by atoms with Gasteiger partial charge in [-0.2, -0.15) is 0 Å². The molecule has 1 N–H and O–H groups in total. The predicted octanol–water partition coefficient (Wildman–Crippen LogP) is 4.14. The molecule has 1 unspecified atom stereocenters. The van der Waals surface area contributed by atoms with Gasteiger partial charge in [-0.1, -0.05) is 12.1 Å². The molecule has 5 nitrogen and oxygen atoms in total. The first-order valence-electron chi connectivity index (χ1n) is 10.0. The van der Waals surface area contributed by atoms with Crippen LogP contribution in [0.4, 0.5) is 9.18 Å². The number of aryl methyl sites for hydroxylation is 1. The van der Waals surface area contributed by atoms with Crippen molar-refractivity contribution in [2.45, 2.75) is 59.0 Å². The lowest BCUT2D eigenvalue weighted by Gasteiger charge is -2.35. The molecule has 1 aliphatic heterocycles. The van der Waals surface area contributed by atoms with E-state index in [1.54, 1.807) is 0 Å². The molecule has 6 heteroatoms. The highest BCUT2D eigenvalue weighted by atomic mass is 19.1. The van der Waals surface area contributed by atoms with Crippen LogP contribution in [-0.4, -0.2) is 39.1 Å². The number of rotatable bonds is 4. The average molecular weight is 387 g/mol. The number of urea groups is 1. The maximum absolute atomic E-state index is 13.2. The second kappa shape index (κ2) is 8.33. The maximum Gasteiger partial charge on any atom is 0.317 e. The molecule has 2 aromatic rings. The lowest BCUT2D eigenvalue weighted by Crippen LogP contribution is -2.51. The summed E-state index contributed by atoms with van der Waals surface area (Å²) in [6.07, 6.45) is 4.85. The Kier molecular flexibility index (Phi) is 6.06. The Bertz CT molecular complexity index is 807. The first-order chi connectivity index (χ1) is 13.2. The highest BCUT2D eigenvalue weighted by molar-refractivity contribution is 5.75. The predicted molar refractivity (Wildman–Crippen MR) is 109 cm³/mol. The summed E-state index contributed by atoms with van der Waals surface area (Å²) in [7, 11) is 0. The van der Waals surface area contributed by atoms with E-state index in [-0.39, 0.29) is 17.4 Å². The minimum Gasteiger partial charge on any atom is -0.333 e. The molecular weight excluding hydrogens is 355 g/mol. The maximum atomic E-state index is 13.2. The topological polar surface area (TPSA) is 50.2 Å². The Labute approximate surface area is 167 Å². The number of amides is 2. The summed E-state index contributed by atoms with van der Waals surface area (Å²) < 4.78 is 15.4. The van der Waals surface area contributed by atoms with E-state index in [1.165, 1.54) is 12.1 Å². The van der Waals surface area contributed by atoms with Crippen molar-refractivity contribution < 1.29 is 9.18 Å². The summed E-state index contributed by atoms with van der Waals surface area (Å²) in [5, 5.41) is 3.06. The second-order valence-corrected chi connectivity index (χ2v) is 8.87. The number of likely N-dealkylation sites (tertiary alicyclic amines) is 1. The molecule has 1 atom stereocenters. The fourth-order valence-corrected chi connectivity index (χ4v) is 3.74. The van der Waals surface area contributed by atoms with Gasteiger partial charge in [0.25, 0.3) is 0 Å². The third-order valence-electron chi connectivity index (χ3n) is 5.15. The Balaban J connectivity index is 1.66. The number of nitrogens with zero attached hydrogens (tertiary/aromatic N) is 3. The van der Waals surface area contributed by atoms with Crippen LogP contribution in [-0.2, 0) is 13.0 Å². The van der Waals surface area contributed by atoms with Crippen molar-refractivity contribution in [1.29, 1.82) is 0 Å². The first-order valence-corrected chi connectivity index (χ1v) is 10.0. The van der Waals surface area contributed by atoms with Crippen molar-refractivity contribution in [3.63, 3.8) is 0 Å². The van der Waals surface area contributed by atoms with Gasteiger partial charge in [0.2, 0.25) is 0 Å². The van der Waals surface area contributed by atoms with Gasteiger partial charge in [-0.05, 0) is 64.2 Å². The molecule has 0 spiro atoms. The van der Waals surface area contributed by atoms with Crippen molar-refractivity contribution in [2.75, 3.05) is 13.1 Å². The third kappa shape index (κ3) is 5.33. The molecule has 1 aromatic heterocycles. The van der Waals surface area contributed by atoms with E-state index in [1.807, 2.05) is 50.9 Å². The van der Waals surface area contributed by atoms with Gasteiger partial charge in [-0.15, -0.1) is 0 Å². The van der Waals surface area contributed by atoms with Crippen LogP contribution < -0.4 is 5.32 Å². The van der Waals surface area contributed by atoms with Crippen molar-refractivity contribution in [3.8, 4) is 0 Å². The fourth-order valence-electron chi connectivity index (χ4n) is 3.74. The molecule has 1 aromatic carbocycles. The Morgan fingerprint density at radius 1 is 1.29 bits per heavy atom. The zero-order chi connectivity index (χ0) is 20.3. The van der Waals surface area contributed by atoms with Crippen LogP contribution in [0.1, 0.15) is 50.7 Å². The average Bonchev–Trinajstić information content (AvgIpc) is 2.96. The van der Waals surface area contributed by atoms with Gasteiger partial charge < -0.3 is 14.8 Å². The number of benzene rings is 1. The molecule has 3 rings (SSSR count). The summed E-state index contributed by atoms with van der Waals surface area (Å²) >= 11 is 0. The highest BCUT2D eigenvalue weighted by Crippen LogP contribution is 2.22. The Hall–Kier alpha value is -2.37. The smallest absolute Gasteiger partial charge is 0.317 e. The summed E-state index contributed by atoms with van der Waals surface area (Å²) in [5.74, 6) is 1.21. The Morgan fingerprint density at radius 2 is 2.00 bits per heavy atom. The number of piperidine rings is 1. The largest absolute Gasteiger partial charge is 0.333 e. The molecule has 28 heavy (non-hydrogen) atoms. The molecule has 152 valence electrons. The number of nitrogens with one attached hydrogen (secondary N) is 1. The molecule has 1 saturated heterocycles. The number of carbonyl (C=O) groups excluding carboxylic acids is 1. The number of hydrogen-bond acceptors (Lipinski definition) is 2. The van der Waals surface area contributed by atoms with Crippen molar-refractivity contribution in [3.05, 3.63) is 53.4 Å². The number of hydrogen-bond donors (Lipinski definition) is 1. The van der Waals surface area contributed by atoms with Crippen molar-refractivity contribution in [1.82, 2.24) is 19.8 Å². The third-order valence-corrected chi connectivity index (χ3v) is 5.15. The van der Waals surface area contributed by atoms with Crippen LogP contribution >= 0.6 is 0 Å². The molecule has 1 aliphatic rings. The van der Waals surface area contributed by atoms with Gasteiger partial charge in [0.15, 0.2) is 0 Å². The van der Waals surface area contributed by atoms with Crippen LogP contribution in [0.2, 0.25) is 0 Å². The van der Waals surface area contributed by atoms with E-state index < -0.39 is 0 Å². The van der Waals surface area contributed by atoms with Gasteiger partial charge in [0, 0.05) is 43.5 Å². The van der Waals surface area contributed by atoms with Crippen molar-refractivity contribution in [2.24, 2.45) is 5.92 Å². The van der Waals surface area contributed by atoms with E-state index in [0.717, 1.165) is 49.4 Å². The number of imidazole rings is 1. The van der Waals surface area contributed by atoms with E-state index in [4.69, 9.17) is 0 Å². The lowest BCUT2D eigenvalue weighted by atomic mass is 9.94. The van der Waals surface area contributed by atoms with Gasteiger partial charge in [-0.25, -0.2) is 14.2 Å². The van der Waals surface area contributed by atoms with Crippen LogP contribution in [0, 0.1) is 18.7 Å². The van der Waals surface area contributed by atoms with Crippen LogP contribution in [0.3, 0.4) is 0 Å². The number of aromatic nitrogens is 2. The SMILES string of the molecule is Cc1cnc(CC2CCCN(C(=O)NC(C)(C)C)C2)n1Cc1ccc(F)cc1. The van der Waals surface area contributed by atoms with E-state index in [9.17, 15) is 9.18 Å². The van der Waals surface area contributed by atoms with E-state index >= 15 is 0 Å². The minimum absolute atomic E-state index is 0.0167. The summed E-state index contributed by atoms with van der Waals surface area (Å²) in [5.41, 5.74) is 1.92. The zero-order valence-corrected chi connectivity index (χ0v) is 17.3. The number of halogens is 1. The molecule has 0 bridgehead atoms. The quantitative estimate of drug-likeness (QED) is 0.858. The fraction of sp³-hybridized carbons (Fsp3) is 0.545. The van der Waals surface area contributed by atoms with E-state index in [2.05, 4.69) is 14.9 Å². The minimum atomic E-state index is -0.230.